The Morgan fingerprint density at radius 1 is 1.26 bits per heavy atom. The molecule has 0 aromatic heterocycles. The molecule has 104 valence electrons. The van der Waals surface area contributed by atoms with E-state index in [-0.39, 0.29) is 13.0 Å². The minimum atomic E-state index is -0.776. The van der Waals surface area contributed by atoms with Crippen molar-refractivity contribution in [2.75, 3.05) is 12.0 Å². The molecule has 0 saturated carbocycles. The predicted molar refractivity (Wildman–Crippen MR) is 73.5 cm³/mol. The van der Waals surface area contributed by atoms with Crippen molar-refractivity contribution in [1.82, 2.24) is 5.48 Å². The number of carbonyl (C=O) groups excluding carboxylic acids is 2. The van der Waals surface area contributed by atoms with Gasteiger partial charge in [0.15, 0.2) is 0 Å². The molecular formula is C13H17NO4S. The second-order valence-electron chi connectivity index (χ2n) is 3.73. The number of hydroxylamine groups is 1. The molecule has 0 spiro atoms. The number of benzene rings is 1. The van der Waals surface area contributed by atoms with Crippen molar-refractivity contribution in [2.45, 2.75) is 19.4 Å². The van der Waals surface area contributed by atoms with Gasteiger partial charge in [0.05, 0.1) is 0 Å². The molecule has 0 atom stereocenters. The van der Waals surface area contributed by atoms with Gasteiger partial charge >= 0.3 is 12.1 Å². The topological polar surface area (TPSA) is 64.6 Å². The molecule has 5 nitrogen and oxygen atoms in total. The van der Waals surface area contributed by atoms with E-state index < -0.39 is 12.1 Å². The number of thioether (sulfide) groups is 1. The summed E-state index contributed by atoms with van der Waals surface area (Å²) < 4.78 is 4.87. The number of amides is 1. The van der Waals surface area contributed by atoms with Gasteiger partial charge in [-0.1, -0.05) is 30.3 Å². The van der Waals surface area contributed by atoms with E-state index in [1.54, 1.807) is 11.8 Å². The van der Waals surface area contributed by atoms with Crippen molar-refractivity contribution in [2.24, 2.45) is 0 Å². The Bertz CT molecular complexity index is 397. The fourth-order valence-corrected chi connectivity index (χ4v) is 1.70. The zero-order valence-electron chi connectivity index (χ0n) is 10.8. The fraction of sp³-hybridized carbons (Fsp3) is 0.385. The summed E-state index contributed by atoms with van der Waals surface area (Å²) in [6, 6.07) is 9.24. The van der Waals surface area contributed by atoms with E-state index in [0.717, 1.165) is 17.7 Å². The van der Waals surface area contributed by atoms with Crippen LogP contribution in [0.25, 0.3) is 0 Å². The van der Waals surface area contributed by atoms with Crippen molar-refractivity contribution in [1.29, 1.82) is 0 Å². The van der Waals surface area contributed by atoms with Crippen LogP contribution in [0.15, 0.2) is 30.3 Å². The summed E-state index contributed by atoms with van der Waals surface area (Å²) in [6.07, 6.45) is 2.19. The molecule has 0 aliphatic carbocycles. The Morgan fingerprint density at radius 2 is 2.00 bits per heavy atom. The Kier molecular flexibility index (Phi) is 7.50. The molecule has 0 aliphatic heterocycles. The normalized spacial score (nSPS) is 9.74. The Morgan fingerprint density at radius 3 is 2.68 bits per heavy atom. The summed E-state index contributed by atoms with van der Waals surface area (Å²) in [7, 11) is 0. The Labute approximate surface area is 116 Å². The highest BCUT2D eigenvalue weighted by Gasteiger charge is 2.07. The highest BCUT2D eigenvalue weighted by atomic mass is 32.2. The van der Waals surface area contributed by atoms with Gasteiger partial charge in [0.25, 0.3) is 0 Å². The zero-order valence-corrected chi connectivity index (χ0v) is 11.6. The second kappa shape index (κ2) is 9.27. The summed E-state index contributed by atoms with van der Waals surface area (Å²) in [5.41, 5.74) is 2.83. The molecule has 0 radical (unpaired) electrons. The monoisotopic (exact) mass is 283 g/mol. The molecule has 0 unspecified atom stereocenters. The molecule has 1 rings (SSSR count). The van der Waals surface area contributed by atoms with E-state index in [1.807, 2.05) is 42.1 Å². The number of carbonyl (C=O) groups is 2. The molecule has 0 fully saturated rings. The molecule has 1 aromatic rings. The molecule has 19 heavy (non-hydrogen) atoms. The van der Waals surface area contributed by atoms with Gasteiger partial charge < -0.3 is 9.57 Å². The second-order valence-corrected chi connectivity index (χ2v) is 4.72. The van der Waals surface area contributed by atoms with Crippen LogP contribution >= 0.6 is 11.8 Å². The molecular weight excluding hydrogens is 266 g/mol. The minimum absolute atomic E-state index is 0.136. The van der Waals surface area contributed by atoms with Gasteiger partial charge in [-0.05, 0) is 24.0 Å². The lowest BCUT2D eigenvalue weighted by molar-refractivity contribution is -0.149. The fourth-order valence-electron chi connectivity index (χ4n) is 1.26. The lowest BCUT2D eigenvalue weighted by atomic mass is 10.2. The van der Waals surface area contributed by atoms with Crippen molar-refractivity contribution >= 4 is 23.8 Å². The predicted octanol–water partition coefficient (Wildman–Crippen LogP) is 2.51. The standard InChI is InChI=1S/C13H17NO4S/c1-19-9-5-8-12(15)18-14-13(16)17-10-11-6-3-2-4-7-11/h2-4,6-7H,5,8-10H2,1H3,(H,14,16). The van der Waals surface area contributed by atoms with Gasteiger partial charge in [0.2, 0.25) is 0 Å². The maximum absolute atomic E-state index is 11.2. The van der Waals surface area contributed by atoms with Crippen LogP contribution in [0, 0.1) is 0 Å². The largest absolute Gasteiger partial charge is 0.443 e. The van der Waals surface area contributed by atoms with Gasteiger partial charge in [-0.3, -0.25) is 0 Å². The van der Waals surface area contributed by atoms with Crippen LogP contribution < -0.4 is 5.48 Å². The maximum atomic E-state index is 11.2. The SMILES string of the molecule is CSCCCC(=O)ONC(=O)OCc1ccccc1. The number of hydrogen-bond acceptors (Lipinski definition) is 5. The van der Waals surface area contributed by atoms with Crippen LogP contribution in [0.3, 0.4) is 0 Å². The van der Waals surface area contributed by atoms with E-state index in [1.165, 1.54) is 0 Å². The molecule has 6 heteroatoms. The number of hydrogen-bond donors (Lipinski definition) is 1. The lowest BCUT2D eigenvalue weighted by Gasteiger charge is -2.06. The molecule has 1 N–H and O–H groups in total. The number of rotatable bonds is 6. The highest BCUT2D eigenvalue weighted by molar-refractivity contribution is 7.98. The molecule has 1 amide bonds. The summed E-state index contributed by atoms with van der Waals surface area (Å²) in [6.45, 7) is 0.136. The van der Waals surface area contributed by atoms with E-state index in [2.05, 4.69) is 4.84 Å². The summed E-state index contributed by atoms with van der Waals surface area (Å²) in [5, 5.41) is 0. The lowest BCUT2D eigenvalue weighted by Crippen LogP contribution is -2.27. The van der Waals surface area contributed by atoms with Crippen molar-refractivity contribution < 1.29 is 19.2 Å². The molecule has 1 aromatic carbocycles. The van der Waals surface area contributed by atoms with Gasteiger partial charge in [0.1, 0.15) is 6.61 Å². The average Bonchev–Trinajstić information content (AvgIpc) is 2.44. The van der Waals surface area contributed by atoms with Crippen LogP contribution in [-0.2, 0) is 21.0 Å². The summed E-state index contributed by atoms with van der Waals surface area (Å²) >= 11 is 1.65. The quantitative estimate of drug-likeness (QED) is 0.642. The average molecular weight is 283 g/mol. The highest BCUT2D eigenvalue weighted by Crippen LogP contribution is 2.01. The Balaban J connectivity index is 2.12. The molecule has 0 saturated heterocycles. The first-order valence-electron chi connectivity index (χ1n) is 5.87. The van der Waals surface area contributed by atoms with Gasteiger partial charge in [-0.2, -0.15) is 11.8 Å². The zero-order chi connectivity index (χ0) is 13.9. The number of ether oxygens (including phenoxy) is 1. The third kappa shape index (κ3) is 7.35. The van der Waals surface area contributed by atoms with Crippen molar-refractivity contribution in [3.63, 3.8) is 0 Å². The summed E-state index contributed by atoms with van der Waals surface area (Å²) in [5.74, 6) is 0.416. The molecule has 0 bridgehead atoms. The Hall–Kier alpha value is -1.69. The minimum Gasteiger partial charge on any atom is -0.443 e. The van der Waals surface area contributed by atoms with Crippen molar-refractivity contribution in [3.05, 3.63) is 35.9 Å². The van der Waals surface area contributed by atoms with E-state index in [4.69, 9.17) is 4.74 Å². The smallest absolute Gasteiger partial charge is 0.441 e. The number of nitrogens with one attached hydrogen (secondary N) is 1. The third-order valence-electron chi connectivity index (χ3n) is 2.19. The van der Waals surface area contributed by atoms with Crippen LogP contribution in [0.1, 0.15) is 18.4 Å². The summed E-state index contributed by atoms with van der Waals surface area (Å²) in [4.78, 5) is 27.0. The third-order valence-corrected chi connectivity index (χ3v) is 2.89. The van der Waals surface area contributed by atoms with Crippen LogP contribution in [0.2, 0.25) is 0 Å². The molecule has 0 aliphatic rings. The maximum Gasteiger partial charge on any atom is 0.441 e. The van der Waals surface area contributed by atoms with Crippen LogP contribution in [0.5, 0.6) is 0 Å². The first kappa shape index (κ1) is 15.4. The van der Waals surface area contributed by atoms with Gasteiger partial charge in [-0.25, -0.2) is 9.59 Å². The van der Waals surface area contributed by atoms with Crippen molar-refractivity contribution in [3.8, 4) is 0 Å². The van der Waals surface area contributed by atoms with E-state index >= 15 is 0 Å². The first-order valence-corrected chi connectivity index (χ1v) is 7.27. The van der Waals surface area contributed by atoms with Crippen LogP contribution in [-0.4, -0.2) is 24.1 Å². The van der Waals surface area contributed by atoms with E-state index in [9.17, 15) is 9.59 Å². The van der Waals surface area contributed by atoms with E-state index in [0.29, 0.717) is 0 Å². The van der Waals surface area contributed by atoms with Gasteiger partial charge in [-0.15, -0.1) is 5.48 Å². The van der Waals surface area contributed by atoms with Crippen LogP contribution in [0.4, 0.5) is 4.79 Å². The molecule has 0 heterocycles. The first-order chi connectivity index (χ1) is 9.22. The van der Waals surface area contributed by atoms with Gasteiger partial charge in [0, 0.05) is 6.42 Å².